The van der Waals surface area contributed by atoms with Gasteiger partial charge in [0.25, 0.3) is 0 Å². The Morgan fingerprint density at radius 3 is 1.25 bits per heavy atom. The Labute approximate surface area is 122 Å². The molecule has 112 valence electrons. The van der Waals surface area contributed by atoms with E-state index in [1.807, 2.05) is 26.2 Å². The first-order chi connectivity index (χ1) is 9.01. The normalized spacial score (nSPS) is 13.4. The van der Waals surface area contributed by atoms with Crippen LogP contribution < -0.4 is 0 Å². The zero-order valence-electron chi connectivity index (χ0n) is 12.7. The molecule has 0 saturated carbocycles. The van der Waals surface area contributed by atoms with Crippen molar-refractivity contribution in [2.75, 3.05) is 0 Å². The van der Waals surface area contributed by atoms with Gasteiger partial charge in [-0.3, -0.25) is 0 Å². The van der Waals surface area contributed by atoms with Crippen LogP contribution >= 0.6 is 0 Å². The summed E-state index contributed by atoms with van der Waals surface area (Å²) in [5, 5.41) is 19.4. The highest BCUT2D eigenvalue weighted by atomic mass is 28.3. The average Bonchev–Trinajstić information content (AvgIpc) is 2.23. The molecule has 0 heterocycles. The molecule has 0 fully saturated rings. The van der Waals surface area contributed by atoms with E-state index in [1.54, 1.807) is 12.2 Å². The van der Waals surface area contributed by atoms with E-state index in [0.717, 1.165) is 0 Å². The van der Waals surface area contributed by atoms with E-state index in [9.17, 15) is 19.8 Å². The second-order valence-electron chi connectivity index (χ2n) is 6.11. The largest absolute Gasteiger partial charge is 0.478 e. The minimum Gasteiger partial charge on any atom is -0.478 e. The van der Waals surface area contributed by atoms with Crippen molar-refractivity contribution < 1.29 is 19.8 Å². The lowest BCUT2D eigenvalue weighted by Crippen LogP contribution is -2.43. The van der Waals surface area contributed by atoms with Crippen molar-refractivity contribution in [1.29, 1.82) is 0 Å². The molecule has 0 unspecified atom stereocenters. The molecule has 0 aromatic carbocycles. The molecule has 0 aliphatic rings. The number of hydrogen-bond donors (Lipinski definition) is 2. The number of carboxylic acids is 2. The first-order valence-electron chi connectivity index (χ1n) is 6.45. The van der Waals surface area contributed by atoms with Crippen molar-refractivity contribution in [2.45, 2.75) is 38.3 Å². The van der Waals surface area contributed by atoms with E-state index in [-0.39, 0.29) is 10.4 Å². The molecule has 0 atom stereocenters. The summed E-state index contributed by atoms with van der Waals surface area (Å²) in [4.78, 5) is 23.4. The Hall–Kier alpha value is -1.41. The molecule has 4 nitrogen and oxygen atoms in total. The number of carbonyl (C=O) groups is 2. The fourth-order valence-electron chi connectivity index (χ4n) is 2.40. The van der Waals surface area contributed by atoms with E-state index < -0.39 is 28.1 Å². The fraction of sp³-hybridized carbons (Fsp3) is 0.429. The van der Waals surface area contributed by atoms with Gasteiger partial charge in [0.1, 0.15) is 0 Å². The summed E-state index contributed by atoms with van der Waals surface area (Å²) in [6, 6.07) is 1.09. The number of rotatable bonds is 8. The molecule has 0 aliphatic carbocycles. The van der Waals surface area contributed by atoms with Crippen molar-refractivity contribution in [3.63, 3.8) is 0 Å². The van der Waals surface area contributed by atoms with Gasteiger partial charge in [0.15, 0.2) is 0 Å². The highest BCUT2D eigenvalue weighted by Crippen LogP contribution is 2.31. The van der Waals surface area contributed by atoms with Crippen molar-refractivity contribution in [3.05, 3.63) is 35.7 Å². The Morgan fingerprint density at radius 2 is 1.10 bits per heavy atom. The number of allylic oxidation sites excluding steroid dienone is 2. The molecule has 0 radical (unpaired) electrons. The minimum absolute atomic E-state index is 0.128. The predicted octanol–water partition coefficient (Wildman–Crippen LogP) is 3.32. The molecule has 0 aromatic rings. The summed E-state index contributed by atoms with van der Waals surface area (Å²) in [5.74, 6) is -2.21. The van der Waals surface area contributed by atoms with Crippen molar-refractivity contribution in [1.82, 2.24) is 0 Å². The highest BCUT2D eigenvalue weighted by Gasteiger charge is 2.41. The van der Waals surface area contributed by atoms with E-state index >= 15 is 0 Å². The second-order valence-corrected chi connectivity index (χ2v) is 15.5. The SMILES string of the molecule is C=CC[Si](C)(C)/C(C(=O)O)=C(\C(=O)O)[Si](C)(C)CC=C. The lowest BCUT2D eigenvalue weighted by molar-refractivity contribution is -0.135. The van der Waals surface area contributed by atoms with Crippen molar-refractivity contribution in [3.8, 4) is 0 Å². The van der Waals surface area contributed by atoms with Gasteiger partial charge in [-0.25, -0.2) is 9.59 Å². The van der Waals surface area contributed by atoms with Crippen LogP contribution in [0, 0.1) is 0 Å². The lowest BCUT2D eigenvalue weighted by Gasteiger charge is -2.30. The van der Waals surface area contributed by atoms with Crippen LogP contribution in [0.3, 0.4) is 0 Å². The molecule has 0 bridgehead atoms. The number of aliphatic carboxylic acids is 2. The predicted molar refractivity (Wildman–Crippen MR) is 87.3 cm³/mol. The third kappa shape index (κ3) is 4.31. The monoisotopic (exact) mass is 312 g/mol. The average molecular weight is 313 g/mol. The van der Waals surface area contributed by atoms with Crippen molar-refractivity contribution >= 4 is 28.1 Å². The van der Waals surface area contributed by atoms with Gasteiger partial charge in [-0.15, -0.1) is 13.2 Å². The topological polar surface area (TPSA) is 74.6 Å². The van der Waals surface area contributed by atoms with Gasteiger partial charge in [-0.2, -0.15) is 0 Å². The molecule has 0 aromatic heterocycles. The van der Waals surface area contributed by atoms with Crippen LogP contribution in [0.5, 0.6) is 0 Å². The number of carboxylic acid groups (broad SMARTS) is 2. The summed E-state index contributed by atoms with van der Waals surface area (Å²) in [7, 11) is -4.76. The zero-order chi connectivity index (χ0) is 16.1. The van der Waals surface area contributed by atoms with E-state index in [4.69, 9.17) is 0 Å². The minimum atomic E-state index is -2.38. The fourth-order valence-corrected chi connectivity index (χ4v) is 9.00. The Kier molecular flexibility index (Phi) is 6.37. The van der Waals surface area contributed by atoms with Crippen LogP contribution in [0.1, 0.15) is 0 Å². The first kappa shape index (κ1) is 18.6. The lowest BCUT2D eigenvalue weighted by atomic mass is 10.5. The summed E-state index contributed by atoms with van der Waals surface area (Å²) >= 11 is 0. The molecule has 0 amide bonds. The molecule has 6 heteroatoms. The van der Waals surface area contributed by atoms with Gasteiger partial charge in [-0.05, 0) is 12.1 Å². The molecule has 20 heavy (non-hydrogen) atoms. The van der Waals surface area contributed by atoms with Crippen molar-refractivity contribution in [2.24, 2.45) is 0 Å². The standard InChI is InChI=1S/C14H24O4Si2/c1-7-9-19(3,4)11(13(15)16)12(14(17)18)20(5,6)10-8-2/h7-8H,1-2,9-10H2,3-6H3,(H,15,16)(H,17,18)/b12-11+. The first-order valence-corrected chi connectivity index (χ1v) is 12.9. The maximum atomic E-state index is 11.7. The zero-order valence-corrected chi connectivity index (χ0v) is 14.7. The quantitative estimate of drug-likeness (QED) is 0.409. The van der Waals surface area contributed by atoms with Crippen LogP contribution in [0.15, 0.2) is 35.7 Å². The summed E-state index contributed by atoms with van der Waals surface area (Å²) in [5.41, 5.74) is 0. The maximum Gasteiger partial charge on any atom is 0.327 e. The van der Waals surface area contributed by atoms with Gasteiger partial charge < -0.3 is 10.2 Å². The summed E-state index contributed by atoms with van der Waals surface area (Å²) in [6.07, 6.45) is 3.35. The highest BCUT2D eigenvalue weighted by molar-refractivity contribution is 6.95. The van der Waals surface area contributed by atoms with Gasteiger partial charge in [0.2, 0.25) is 0 Å². The molecule has 0 rings (SSSR count). The van der Waals surface area contributed by atoms with E-state index in [1.165, 1.54) is 0 Å². The van der Waals surface area contributed by atoms with Gasteiger partial charge in [0, 0.05) is 10.4 Å². The smallest absolute Gasteiger partial charge is 0.327 e. The van der Waals surface area contributed by atoms with Gasteiger partial charge in [0.05, 0.1) is 16.1 Å². The Morgan fingerprint density at radius 1 is 0.850 bits per heavy atom. The molecule has 0 saturated heterocycles. The third-order valence-corrected chi connectivity index (χ3v) is 9.84. The van der Waals surface area contributed by atoms with Crippen LogP contribution in [0.2, 0.25) is 38.3 Å². The molecule has 0 aliphatic heterocycles. The Bertz CT molecular complexity index is 420. The molecular formula is C14H24O4Si2. The molecule has 0 spiro atoms. The molecule has 2 N–H and O–H groups in total. The maximum absolute atomic E-state index is 11.7. The van der Waals surface area contributed by atoms with Crippen LogP contribution in [-0.2, 0) is 9.59 Å². The number of hydrogen-bond acceptors (Lipinski definition) is 2. The van der Waals surface area contributed by atoms with Crippen LogP contribution in [-0.4, -0.2) is 38.3 Å². The van der Waals surface area contributed by atoms with Gasteiger partial charge >= 0.3 is 11.9 Å². The van der Waals surface area contributed by atoms with E-state index in [2.05, 4.69) is 13.2 Å². The summed E-state index contributed by atoms with van der Waals surface area (Å²) in [6.45, 7) is 14.8. The summed E-state index contributed by atoms with van der Waals surface area (Å²) < 4.78 is 0. The Balaban J connectivity index is 6.36. The van der Waals surface area contributed by atoms with Gasteiger partial charge in [-0.1, -0.05) is 38.3 Å². The van der Waals surface area contributed by atoms with Crippen LogP contribution in [0.25, 0.3) is 0 Å². The van der Waals surface area contributed by atoms with Crippen LogP contribution in [0.4, 0.5) is 0 Å². The third-order valence-electron chi connectivity index (χ3n) is 3.34. The van der Waals surface area contributed by atoms with E-state index in [0.29, 0.717) is 12.1 Å². The second kappa shape index (κ2) is 6.85. The molecular weight excluding hydrogens is 288 g/mol.